The van der Waals surface area contributed by atoms with Gasteiger partial charge in [-0.05, 0) is 49.2 Å². The summed E-state index contributed by atoms with van der Waals surface area (Å²) in [5.74, 6) is -0.0962. The molecule has 140 valence electrons. The fraction of sp³-hybridized carbons (Fsp3) is 0.190. The van der Waals surface area contributed by atoms with Gasteiger partial charge in [-0.2, -0.15) is 0 Å². The van der Waals surface area contributed by atoms with Gasteiger partial charge in [0.2, 0.25) is 0 Å². The Morgan fingerprint density at radius 2 is 2.00 bits per heavy atom. The number of fused-ring (bicyclic) bond motifs is 1. The SMILES string of the molecule is Cc1cc2c(N[C@@H]3C[C@H]3c3ccc(F)c(F)c3)nc(-c3cccnc3)nc2s1. The minimum absolute atomic E-state index is 0.130. The minimum atomic E-state index is -0.818. The molecule has 1 fully saturated rings. The smallest absolute Gasteiger partial charge is 0.164 e. The molecule has 3 aromatic heterocycles. The molecule has 4 aromatic rings. The minimum Gasteiger partial charge on any atom is -0.366 e. The van der Waals surface area contributed by atoms with Crippen LogP contribution in [0, 0.1) is 18.6 Å². The van der Waals surface area contributed by atoms with E-state index < -0.39 is 11.6 Å². The van der Waals surface area contributed by atoms with Crippen LogP contribution >= 0.6 is 11.3 Å². The highest BCUT2D eigenvalue weighted by Crippen LogP contribution is 2.44. The molecule has 3 heterocycles. The van der Waals surface area contributed by atoms with Crippen LogP contribution in [0.1, 0.15) is 22.8 Å². The van der Waals surface area contributed by atoms with Crippen LogP contribution in [0.4, 0.5) is 14.6 Å². The first-order valence-corrected chi connectivity index (χ1v) is 9.80. The maximum Gasteiger partial charge on any atom is 0.164 e. The first-order chi connectivity index (χ1) is 13.6. The average Bonchev–Trinajstić information content (AvgIpc) is 3.35. The van der Waals surface area contributed by atoms with Crippen LogP contribution in [0.5, 0.6) is 0 Å². The van der Waals surface area contributed by atoms with Crippen LogP contribution in [-0.4, -0.2) is 21.0 Å². The lowest BCUT2D eigenvalue weighted by atomic mass is 10.1. The van der Waals surface area contributed by atoms with Gasteiger partial charge in [0.25, 0.3) is 0 Å². The molecule has 0 aliphatic heterocycles. The highest BCUT2D eigenvalue weighted by Gasteiger charge is 2.39. The van der Waals surface area contributed by atoms with Crippen molar-refractivity contribution in [3.8, 4) is 11.4 Å². The van der Waals surface area contributed by atoms with Gasteiger partial charge in [-0.3, -0.25) is 4.98 Å². The number of aromatic nitrogens is 3. The molecule has 1 aliphatic rings. The van der Waals surface area contributed by atoms with Crippen LogP contribution in [0.2, 0.25) is 0 Å². The van der Waals surface area contributed by atoms with E-state index in [9.17, 15) is 8.78 Å². The van der Waals surface area contributed by atoms with Crippen molar-refractivity contribution < 1.29 is 8.78 Å². The van der Waals surface area contributed by atoms with Crippen molar-refractivity contribution in [3.05, 3.63) is 70.9 Å². The molecule has 1 N–H and O–H groups in total. The number of nitrogens with one attached hydrogen (secondary N) is 1. The number of hydrogen-bond acceptors (Lipinski definition) is 5. The van der Waals surface area contributed by atoms with Crippen LogP contribution in [-0.2, 0) is 0 Å². The number of benzene rings is 1. The normalized spacial score (nSPS) is 18.4. The van der Waals surface area contributed by atoms with Gasteiger partial charge in [0.05, 0.1) is 5.39 Å². The fourth-order valence-corrected chi connectivity index (χ4v) is 4.30. The number of rotatable bonds is 4. The second kappa shape index (κ2) is 6.60. The predicted octanol–water partition coefficient (Wildman–Crippen LogP) is 5.31. The summed E-state index contributed by atoms with van der Waals surface area (Å²) in [4.78, 5) is 15.6. The van der Waals surface area contributed by atoms with Gasteiger partial charge < -0.3 is 5.32 Å². The highest BCUT2D eigenvalue weighted by molar-refractivity contribution is 7.18. The molecule has 0 unspecified atom stereocenters. The maximum absolute atomic E-state index is 13.6. The Hall–Kier alpha value is -2.93. The van der Waals surface area contributed by atoms with Crippen molar-refractivity contribution in [2.75, 3.05) is 5.32 Å². The third kappa shape index (κ3) is 3.11. The van der Waals surface area contributed by atoms with Crippen molar-refractivity contribution in [1.29, 1.82) is 0 Å². The first-order valence-electron chi connectivity index (χ1n) is 8.98. The number of anilines is 1. The molecular formula is C21H16F2N4S. The molecule has 4 nitrogen and oxygen atoms in total. The second-order valence-electron chi connectivity index (χ2n) is 6.98. The second-order valence-corrected chi connectivity index (χ2v) is 8.21. The van der Waals surface area contributed by atoms with Crippen LogP contribution in [0.3, 0.4) is 0 Å². The van der Waals surface area contributed by atoms with Gasteiger partial charge in [-0.15, -0.1) is 11.3 Å². The zero-order valence-corrected chi connectivity index (χ0v) is 15.8. The van der Waals surface area contributed by atoms with Gasteiger partial charge >= 0.3 is 0 Å². The zero-order valence-electron chi connectivity index (χ0n) is 15.0. The van der Waals surface area contributed by atoms with E-state index in [2.05, 4.69) is 21.4 Å². The molecule has 28 heavy (non-hydrogen) atoms. The Kier molecular flexibility index (Phi) is 4.05. The molecular weight excluding hydrogens is 378 g/mol. The number of nitrogens with zero attached hydrogens (tertiary/aromatic N) is 3. The lowest BCUT2D eigenvalue weighted by molar-refractivity contribution is 0.507. The predicted molar refractivity (Wildman–Crippen MR) is 107 cm³/mol. The highest BCUT2D eigenvalue weighted by atomic mass is 32.1. The van der Waals surface area contributed by atoms with Crippen molar-refractivity contribution >= 4 is 27.4 Å². The van der Waals surface area contributed by atoms with Crippen molar-refractivity contribution in [1.82, 2.24) is 15.0 Å². The standard InChI is InChI=1S/C21H16F2N4S/c1-11-7-15-20(25-18-9-14(18)12-4-5-16(22)17(23)8-12)26-19(27-21(15)28-11)13-3-2-6-24-10-13/h2-8,10,14,18H,9H2,1H3,(H,25,26,27)/t14-,18+/m0/s1. The van der Waals surface area contributed by atoms with E-state index in [0.29, 0.717) is 5.82 Å². The van der Waals surface area contributed by atoms with Crippen LogP contribution in [0.15, 0.2) is 48.8 Å². The lowest BCUT2D eigenvalue weighted by Crippen LogP contribution is -2.07. The van der Waals surface area contributed by atoms with Gasteiger partial charge in [-0.1, -0.05) is 6.07 Å². The Balaban J connectivity index is 1.48. The number of hydrogen-bond donors (Lipinski definition) is 1. The molecule has 1 aliphatic carbocycles. The van der Waals surface area contributed by atoms with Gasteiger partial charge in [0.15, 0.2) is 17.5 Å². The summed E-state index contributed by atoms with van der Waals surface area (Å²) in [5, 5.41) is 4.46. The van der Waals surface area contributed by atoms with E-state index in [1.54, 1.807) is 29.8 Å². The zero-order chi connectivity index (χ0) is 19.3. The molecule has 0 radical (unpaired) electrons. The third-order valence-corrected chi connectivity index (χ3v) is 5.86. The summed E-state index contributed by atoms with van der Waals surface area (Å²) in [7, 11) is 0. The van der Waals surface area contributed by atoms with Gasteiger partial charge in [-0.25, -0.2) is 18.7 Å². The topological polar surface area (TPSA) is 50.7 Å². The molecule has 1 aromatic carbocycles. The van der Waals surface area contributed by atoms with Gasteiger partial charge in [0, 0.05) is 34.8 Å². The average molecular weight is 394 g/mol. The quantitative estimate of drug-likeness (QED) is 0.510. The third-order valence-electron chi connectivity index (χ3n) is 4.92. The van der Waals surface area contributed by atoms with Crippen molar-refractivity contribution in [3.63, 3.8) is 0 Å². The van der Waals surface area contributed by atoms with E-state index in [4.69, 9.17) is 4.98 Å². The van der Waals surface area contributed by atoms with Crippen molar-refractivity contribution in [2.45, 2.75) is 25.3 Å². The molecule has 0 saturated heterocycles. The molecule has 0 spiro atoms. The summed E-state index contributed by atoms with van der Waals surface area (Å²) in [6.45, 7) is 2.04. The molecule has 2 atom stereocenters. The Bertz CT molecular complexity index is 1180. The monoisotopic (exact) mass is 394 g/mol. The molecule has 1 saturated carbocycles. The number of thiophene rings is 1. The van der Waals surface area contributed by atoms with E-state index in [-0.39, 0.29) is 12.0 Å². The van der Waals surface area contributed by atoms with E-state index in [0.717, 1.165) is 38.5 Å². The summed E-state index contributed by atoms with van der Waals surface area (Å²) in [5.41, 5.74) is 1.65. The molecule has 7 heteroatoms. The summed E-state index contributed by atoms with van der Waals surface area (Å²) >= 11 is 1.62. The van der Waals surface area contributed by atoms with E-state index >= 15 is 0 Å². The lowest BCUT2D eigenvalue weighted by Gasteiger charge is -2.09. The Morgan fingerprint density at radius 3 is 2.79 bits per heavy atom. The Morgan fingerprint density at radius 1 is 1.11 bits per heavy atom. The summed E-state index contributed by atoms with van der Waals surface area (Å²) in [6.07, 6.45) is 4.31. The maximum atomic E-state index is 13.6. The first kappa shape index (κ1) is 17.2. The fourth-order valence-electron chi connectivity index (χ4n) is 3.42. The Labute approximate surface area is 164 Å². The number of halogens is 2. The van der Waals surface area contributed by atoms with Gasteiger partial charge in [0.1, 0.15) is 10.6 Å². The van der Waals surface area contributed by atoms with Crippen LogP contribution < -0.4 is 5.32 Å². The largest absolute Gasteiger partial charge is 0.366 e. The van der Waals surface area contributed by atoms with Crippen LogP contribution in [0.25, 0.3) is 21.6 Å². The van der Waals surface area contributed by atoms with E-state index in [1.165, 1.54) is 12.1 Å². The molecule has 5 rings (SSSR count). The van der Waals surface area contributed by atoms with E-state index in [1.807, 2.05) is 19.1 Å². The summed E-state index contributed by atoms with van der Waals surface area (Å²) in [6, 6.07) is 10.1. The molecule has 0 amide bonds. The van der Waals surface area contributed by atoms with Crippen molar-refractivity contribution in [2.24, 2.45) is 0 Å². The summed E-state index contributed by atoms with van der Waals surface area (Å²) < 4.78 is 26.7. The number of aryl methyl sites for hydroxylation is 1. The number of pyridine rings is 1. The molecule has 0 bridgehead atoms.